The van der Waals surface area contributed by atoms with Crippen LogP contribution in [0.2, 0.25) is 0 Å². The van der Waals surface area contributed by atoms with Crippen LogP contribution >= 0.6 is 23.5 Å². The Morgan fingerprint density at radius 2 is 0.880 bits per heavy atom. The lowest BCUT2D eigenvalue weighted by atomic mass is 9.79. The van der Waals surface area contributed by atoms with Crippen molar-refractivity contribution in [2.75, 3.05) is 133 Å². The predicted molar refractivity (Wildman–Crippen MR) is 397 cm³/mol. The number of nitrogens with zero attached hydrogens (tertiary/aromatic N) is 3. The monoisotopic (exact) mass is 1740 g/mol. The summed E-state index contributed by atoms with van der Waals surface area (Å²) in [5.74, 6) is -6.82. The number of phosphoric ester groups is 3. The molecule has 0 radical (unpaired) electrons. The Morgan fingerprint density at radius 3 is 1.36 bits per heavy atom. The number of amides is 1. The predicted octanol–water partition coefficient (Wildman–Crippen LogP) is 1.07. The number of aliphatic hydroxyl groups excluding tert-OH is 8. The largest absolute Gasteiger partial charge is 0.756 e. The van der Waals surface area contributed by atoms with E-state index in [0.29, 0.717) is 76.3 Å². The highest BCUT2D eigenvalue weighted by Crippen LogP contribution is 2.53. The zero-order valence-corrected chi connectivity index (χ0v) is 71.1. The average Bonchev–Trinajstić information content (AvgIpc) is 1.61. The molecule has 13 atom stereocenters. The van der Waals surface area contributed by atoms with Crippen LogP contribution in [0.4, 0.5) is 4.79 Å². The molecule has 3 fully saturated rings. The van der Waals surface area contributed by atoms with Gasteiger partial charge < -0.3 is 131 Å². The minimum Gasteiger partial charge on any atom is -0.756 e. The van der Waals surface area contributed by atoms with E-state index in [-0.39, 0.29) is 38.6 Å². The third-order valence-electron chi connectivity index (χ3n) is 21.9. The number of alkyl carbamates (subject to hydrolysis) is 1. The molecule has 0 aromatic carbocycles. The molecule has 9 N–H and O–H groups in total. The smallest absolute Gasteiger partial charge is 0.407 e. The molecule has 44 heteroatoms. The van der Waals surface area contributed by atoms with E-state index >= 15 is 0 Å². The highest BCUT2D eigenvalue weighted by Gasteiger charge is 2.52. The van der Waals surface area contributed by atoms with Crippen molar-refractivity contribution in [2.24, 2.45) is 55.7 Å². The summed E-state index contributed by atoms with van der Waals surface area (Å²) in [6.07, 6.45) is 1.27. The number of aryl methyl sites for hydroxylation is 2. The van der Waals surface area contributed by atoms with Gasteiger partial charge in [0.2, 0.25) is 0 Å². The molecule has 5 rings (SSSR count). The van der Waals surface area contributed by atoms with Crippen molar-refractivity contribution < 1.29 is 177 Å². The van der Waals surface area contributed by atoms with Crippen molar-refractivity contribution >= 4 is 71.2 Å². The van der Waals surface area contributed by atoms with E-state index in [2.05, 4.69) is 20.2 Å². The summed E-state index contributed by atoms with van der Waals surface area (Å²) in [7, 11) is -13.7. The standard InChI is InChI=1S/C73H125N4O37P3/c1-48-30-55(113-115(94,95)100-10)58(112-48)34-110-117(98,99)114-56-31-49(2)111-57(56)33-109-116(96,97)108-29-19-15-12-16-26-74-66(93)102-32-52-50-20-22-53-54(23-21-51(50)52)77(76-75-53)27-17-13-11-14-18-28-101-60(87)67(3,25-24-59(86)72(8,44-104-61(88)68(4,35-78)36-79)45-105-62(89)69(5,37-80)38-81)43-103-65(92)73(9,46-106-63(90)70(6,39-82)40-83)47-107-64(91)71(7,41-84)42-85/h48-52,55-58,78-85H,11-47H2,1-10H3,(H,74,93)(H,94,95)(H,96,97)(H,98,99)/p-3/t48-,49-,50?,51?,52?,55?,56?,57+,58+,67?/m0/s1. The van der Waals surface area contributed by atoms with Gasteiger partial charge in [0.25, 0.3) is 23.5 Å². The first kappa shape index (κ1) is 102. The maximum Gasteiger partial charge on any atom is 0.407 e. The number of hydrogen-bond acceptors (Lipinski definition) is 39. The van der Waals surface area contributed by atoms with Gasteiger partial charge >= 0.3 is 41.9 Å². The Kier molecular flexibility index (Phi) is 40.6. The second kappa shape index (κ2) is 46.4. The van der Waals surface area contributed by atoms with Crippen molar-refractivity contribution in [3.63, 3.8) is 0 Å². The molecule has 41 nitrogen and oxygen atoms in total. The molecule has 1 aromatic heterocycles. The normalized spacial score (nSPS) is 22.6. The maximum absolute atomic E-state index is 14.5. The van der Waals surface area contributed by atoms with Gasteiger partial charge in [0, 0.05) is 39.5 Å². The van der Waals surface area contributed by atoms with Gasteiger partial charge in [0.15, 0.2) is 0 Å². The van der Waals surface area contributed by atoms with Gasteiger partial charge in [-0.15, -0.1) is 5.10 Å². The van der Waals surface area contributed by atoms with Crippen molar-refractivity contribution in [3.05, 3.63) is 11.4 Å². The molecule has 9 unspecified atom stereocenters. The maximum atomic E-state index is 14.5. The fourth-order valence-electron chi connectivity index (χ4n) is 12.8. The quantitative estimate of drug-likeness (QED) is 0.0191. The third kappa shape index (κ3) is 30.7. The molecule has 3 heterocycles. The van der Waals surface area contributed by atoms with Crippen molar-refractivity contribution in [2.45, 2.75) is 215 Å². The van der Waals surface area contributed by atoms with E-state index in [0.717, 1.165) is 57.5 Å². The van der Waals surface area contributed by atoms with Crippen molar-refractivity contribution in [1.82, 2.24) is 20.3 Å². The fraction of sp³-hybridized carbons (Fsp3) is 0.863. The number of hydrogen-bond donors (Lipinski definition) is 9. The number of aromatic nitrogens is 3. The summed E-state index contributed by atoms with van der Waals surface area (Å²) < 4.78 is 119. The van der Waals surface area contributed by atoms with Gasteiger partial charge in [-0.2, -0.15) is 0 Å². The fourth-order valence-corrected chi connectivity index (χ4v) is 15.1. The molecule has 117 heavy (non-hydrogen) atoms. The molecule has 2 saturated heterocycles. The van der Waals surface area contributed by atoms with Crippen LogP contribution in [-0.2, 0) is 136 Å². The molecule has 0 spiro atoms. The lowest BCUT2D eigenvalue weighted by Gasteiger charge is -2.34. The number of carbonyl (C=O) groups is 8. The van der Waals surface area contributed by atoms with Gasteiger partial charge in [0.05, 0.1) is 133 Å². The summed E-state index contributed by atoms with van der Waals surface area (Å²) in [5.41, 5.74) is -11.5. The van der Waals surface area contributed by atoms with Gasteiger partial charge in [-0.05, 0) is 138 Å². The third-order valence-corrected chi connectivity index (χ3v) is 24.8. The van der Waals surface area contributed by atoms with Crippen LogP contribution in [0.15, 0.2) is 0 Å². The zero-order valence-electron chi connectivity index (χ0n) is 68.5. The van der Waals surface area contributed by atoms with Crippen LogP contribution < -0.4 is 20.0 Å². The van der Waals surface area contributed by atoms with E-state index in [1.165, 1.54) is 41.5 Å². The minimum atomic E-state index is -5.08. The number of Topliss-reactive ketones (excluding diaryl/α,β-unsaturated/α-hetero) is 1. The number of carbonyl (C=O) groups excluding carboxylic acids is 8. The molecule has 0 bridgehead atoms. The Hall–Kier alpha value is -5.17. The second-order valence-electron chi connectivity index (χ2n) is 32.8. The number of fused-ring (bicyclic) bond motifs is 2. The number of aliphatic hydroxyl groups is 8. The number of unbranched alkanes of at least 4 members (excludes halogenated alkanes) is 7. The van der Waals surface area contributed by atoms with Crippen molar-refractivity contribution in [3.8, 4) is 0 Å². The van der Waals surface area contributed by atoms with Gasteiger partial charge in [-0.25, -0.2) is 9.48 Å². The Labute approximate surface area is 680 Å². The van der Waals surface area contributed by atoms with Gasteiger partial charge in [-0.3, -0.25) is 47.3 Å². The SMILES string of the molecule is COP(=O)([O-])OC1C[C@H](C)O[C@@H]1COP(=O)([O-])OC1C[C@H](C)O[C@@H]1COP(=O)([O-])OCCCCCCNC(=O)OCC1C2CCc3nnn(CCCCCCCOC(=O)C(C)(CCC(=O)C(C)(COC(=O)C(C)(CO)CO)COC(=O)C(C)(CO)CO)COC(=O)C(C)(COC(=O)C(C)(CO)CO)COC(=O)C(C)(CO)CO)c3CCC21. The average molecular weight is 1740 g/mol. The van der Waals surface area contributed by atoms with Crippen LogP contribution in [0.5, 0.6) is 0 Å². The number of nitrogens with one attached hydrogen (secondary N) is 1. The molecular formula is C73H122N4O37P3-3. The molecular weight excluding hydrogens is 1620 g/mol. The molecule has 4 aliphatic rings. The van der Waals surface area contributed by atoms with Crippen LogP contribution in [0.25, 0.3) is 0 Å². The van der Waals surface area contributed by atoms with Crippen LogP contribution in [0, 0.1) is 55.7 Å². The molecule has 2 aliphatic carbocycles. The molecule has 674 valence electrons. The number of phosphoric acid groups is 3. The minimum absolute atomic E-state index is 0.0451. The first-order valence-corrected chi connectivity index (χ1v) is 43.6. The Morgan fingerprint density at radius 1 is 0.479 bits per heavy atom. The summed E-state index contributed by atoms with van der Waals surface area (Å²) in [6.45, 7) is -0.240. The zero-order chi connectivity index (χ0) is 87.4. The van der Waals surface area contributed by atoms with Crippen LogP contribution in [0.1, 0.15) is 170 Å². The second-order valence-corrected chi connectivity index (χ2v) is 37.0. The van der Waals surface area contributed by atoms with Gasteiger partial charge in [0.1, 0.15) is 78.1 Å². The van der Waals surface area contributed by atoms with Crippen LogP contribution in [0.3, 0.4) is 0 Å². The highest BCUT2D eigenvalue weighted by molar-refractivity contribution is 7.46. The molecule has 2 aliphatic heterocycles. The molecule has 1 aromatic rings. The number of ether oxygens (including phenoxy) is 9. The summed E-state index contributed by atoms with van der Waals surface area (Å²) in [6, 6.07) is 0. The number of esters is 6. The number of rotatable bonds is 57. The topological polar surface area (TPSA) is 600 Å². The Balaban J connectivity index is 1.07. The molecule has 1 amide bonds. The molecule has 1 saturated carbocycles. The summed E-state index contributed by atoms with van der Waals surface area (Å²) in [4.78, 5) is 146. The van der Waals surface area contributed by atoms with E-state index < -0.39 is 258 Å². The van der Waals surface area contributed by atoms with Crippen molar-refractivity contribution in [1.29, 1.82) is 0 Å². The van der Waals surface area contributed by atoms with Crippen LogP contribution in [-0.4, -0.2) is 273 Å². The lowest BCUT2D eigenvalue weighted by molar-refractivity contribution is -0.237. The first-order valence-electron chi connectivity index (χ1n) is 39.3. The summed E-state index contributed by atoms with van der Waals surface area (Å²) >= 11 is 0. The highest BCUT2D eigenvalue weighted by atomic mass is 31.2. The summed E-state index contributed by atoms with van der Waals surface area (Å²) in [5, 5.41) is 90.8. The van der Waals surface area contributed by atoms with E-state index in [4.69, 9.17) is 65.3 Å². The first-order chi connectivity index (χ1) is 54.9. The van der Waals surface area contributed by atoms with E-state index in [9.17, 15) is 108 Å². The lowest BCUT2D eigenvalue weighted by Crippen LogP contribution is -2.47. The number of ketones is 1. The van der Waals surface area contributed by atoms with Gasteiger partial charge in [-0.1, -0.05) is 37.3 Å². The Bertz CT molecular complexity index is 3350. The van der Waals surface area contributed by atoms with E-state index in [1.807, 2.05) is 4.68 Å². The van der Waals surface area contributed by atoms with E-state index in [1.54, 1.807) is 13.8 Å².